The number of benzene rings is 1. The summed E-state index contributed by atoms with van der Waals surface area (Å²) in [5.74, 6) is 0.660. The molecule has 104 valence electrons. The number of ether oxygens (including phenoxy) is 1. The predicted molar refractivity (Wildman–Crippen MR) is 76.0 cm³/mol. The first-order chi connectivity index (χ1) is 9.11. The first-order valence-corrected chi connectivity index (χ1v) is 7.26. The van der Waals surface area contributed by atoms with Crippen LogP contribution in [-0.4, -0.2) is 35.1 Å². The summed E-state index contributed by atoms with van der Waals surface area (Å²) in [7, 11) is 0. The predicted octanol–water partition coefficient (Wildman–Crippen LogP) is 2.33. The van der Waals surface area contributed by atoms with E-state index in [1.54, 1.807) is 25.1 Å². The van der Waals surface area contributed by atoms with Crippen molar-refractivity contribution in [2.24, 2.45) is 0 Å². The molecule has 1 fully saturated rings. The topological polar surface area (TPSA) is 49.8 Å². The van der Waals surface area contributed by atoms with Crippen molar-refractivity contribution < 1.29 is 14.6 Å². The molecule has 0 radical (unpaired) electrons. The van der Waals surface area contributed by atoms with Gasteiger partial charge in [-0.1, -0.05) is 6.07 Å². The molecule has 1 saturated heterocycles. The highest BCUT2D eigenvalue weighted by Crippen LogP contribution is 2.27. The number of halogens is 1. The summed E-state index contributed by atoms with van der Waals surface area (Å²) in [4.78, 5) is 14.0. The molecule has 5 heteroatoms. The number of carbonyl (C=O) groups excluding carboxylic acids is 1. The van der Waals surface area contributed by atoms with E-state index in [4.69, 9.17) is 9.84 Å². The quantitative estimate of drug-likeness (QED) is 0.923. The van der Waals surface area contributed by atoms with Crippen LogP contribution >= 0.6 is 15.9 Å². The molecule has 0 aromatic heterocycles. The average molecular weight is 328 g/mol. The molecule has 1 aromatic carbocycles. The van der Waals surface area contributed by atoms with Crippen LogP contribution < -0.4 is 4.74 Å². The Kier molecular flexibility index (Phi) is 4.82. The van der Waals surface area contributed by atoms with E-state index in [1.807, 2.05) is 4.90 Å². The van der Waals surface area contributed by atoms with E-state index in [0.29, 0.717) is 5.75 Å². The maximum Gasteiger partial charge on any atom is 0.263 e. The van der Waals surface area contributed by atoms with Gasteiger partial charge in [-0.15, -0.1) is 0 Å². The number of amides is 1. The van der Waals surface area contributed by atoms with E-state index in [-0.39, 0.29) is 12.5 Å². The fourth-order valence-electron chi connectivity index (χ4n) is 2.17. The molecule has 1 aliphatic heterocycles. The van der Waals surface area contributed by atoms with Crippen LogP contribution in [0.3, 0.4) is 0 Å². The smallest absolute Gasteiger partial charge is 0.263 e. The maximum absolute atomic E-state index is 12.1. The van der Waals surface area contributed by atoms with Gasteiger partial charge in [0.2, 0.25) is 0 Å². The molecule has 1 N–H and O–H groups in total. The van der Waals surface area contributed by atoms with Crippen molar-refractivity contribution in [2.75, 3.05) is 13.1 Å². The third kappa shape index (κ3) is 3.48. The molecule has 1 aliphatic rings. The van der Waals surface area contributed by atoms with Gasteiger partial charge in [-0.3, -0.25) is 4.79 Å². The molecule has 0 aliphatic carbocycles. The molecule has 4 nitrogen and oxygen atoms in total. The van der Waals surface area contributed by atoms with Gasteiger partial charge in [-0.25, -0.2) is 0 Å². The summed E-state index contributed by atoms with van der Waals surface area (Å²) < 4.78 is 6.45. The number of aliphatic hydroxyl groups excluding tert-OH is 1. The second kappa shape index (κ2) is 6.39. The van der Waals surface area contributed by atoms with Gasteiger partial charge in [0.25, 0.3) is 5.91 Å². The van der Waals surface area contributed by atoms with E-state index in [9.17, 15) is 4.79 Å². The molecule has 1 amide bonds. The molecule has 0 spiro atoms. The molecule has 1 heterocycles. The molecule has 1 aromatic rings. The lowest BCUT2D eigenvalue weighted by atomic mass is 10.2. The lowest BCUT2D eigenvalue weighted by molar-refractivity contribution is -0.136. The van der Waals surface area contributed by atoms with Crippen LogP contribution in [0.4, 0.5) is 0 Å². The van der Waals surface area contributed by atoms with Crippen molar-refractivity contribution in [1.82, 2.24) is 4.90 Å². The van der Waals surface area contributed by atoms with Gasteiger partial charge in [0.1, 0.15) is 5.75 Å². The summed E-state index contributed by atoms with van der Waals surface area (Å²) in [6, 6.07) is 5.35. The van der Waals surface area contributed by atoms with Gasteiger partial charge in [0.05, 0.1) is 11.1 Å². The van der Waals surface area contributed by atoms with Crippen molar-refractivity contribution in [3.05, 3.63) is 28.2 Å². The minimum Gasteiger partial charge on any atom is -0.480 e. The van der Waals surface area contributed by atoms with Gasteiger partial charge < -0.3 is 14.7 Å². The van der Waals surface area contributed by atoms with Gasteiger partial charge in [0, 0.05) is 13.1 Å². The van der Waals surface area contributed by atoms with Crippen molar-refractivity contribution >= 4 is 21.8 Å². The molecule has 19 heavy (non-hydrogen) atoms. The zero-order valence-corrected chi connectivity index (χ0v) is 12.5. The normalized spacial score (nSPS) is 16.5. The van der Waals surface area contributed by atoms with E-state index in [2.05, 4.69) is 15.9 Å². The van der Waals surface area contributed by atoms with Gasteiger partial charge in [0.15, 0.2) is 6.10 Å². The zero-order chi connectivity index (χ0) is 13.8. The highest BCUT2D eigenvalue weighted by Gasteiger charge is 2.24. The third-order valence-electron chi connectivity index (χ3n) is 3.25. The van der Waals surface area contributed by atoms with E-state index >= 15 is 0 Å². The SMILES string of the molecule is CC(Oc1ccc(CO)cc1Br)C(=O)N1CCCC1. The van der Waals surface area contributed by atoms with E-state index in [0.717, 1.165) is 36.0 Å². The van der Waals surface area contributed by atoms with Gasteiger partial charge >= 0.3 is 0 Å². The fourth-order valence-corrected chi connectivity index (χ4v) is 2.69. The largest absolute Gasteiger partial charge is 0.480 e. The Labute approximate surface area is 121 Å². The number of hydrogen-bond acceptors (Lipinski definition) is 3. The summed E-state index contributed by atoms with van der Waals surface area (Å²) in [5.41, 5.74) is 0.803. The van der Waals surface area contributed by atoms with E-state index in [1.165, 1.54) is 0 Å². The van der Waals surface area contributed by atoms with Gasteiger partial charge in [-0.05, 0) is 53.4 Å². The third-order valence-corrected chi connectivity index (χ3v) is 3.87. The average Bonchev–Trinajstić information content (AvgIpc) is 2.94. The van der Waals surface area contributed by atoms with E-state index < -0.39 is 6.10 Å². The molecule has 0 bridgehead atoms. The second-order valence-corrected chi connectivity index (χ2v) is 5.57. The Morgan fingerprint density at radius 1 is 1.47 bits per heavy atom. The fraction of sp³-hybridized carbons (Fsp3) is 0.500. The number of aliphatic hydroxyl groups is 1. The zero-order valence-electron chi connectivity index (χ0n) is 10.9. The lowest BCUT2D eigenvalue weighted by Crippen LogP contribution is -2.38. The first-order valence-electron chi connectivity index (χ1n) is 6.46. The minimum absolute atomic E-state index is 0.0128. The maximum atomic E-state index is 12.1. The van der Waals surface area contributed by atoms with Crippen molar-refractivity contribution in [3.8, 4) is 5.75 Å². The Balaban J connectivity index is 2.01. The summed E-state index contributed by atoms with van der Waals surface area (Å²) in [6.45, 7) is 3.42. The standard InChI is InChI=1S/C14H18BrNO3/c1-10(14(18)16-6-2-3-7-16)19-13-5-4-11(9-17)8-12(13)15/h4-5,8,10,17H,2-3,6-7,9H2,1H3. The van der Waals surface area contributed by atoms with Crippen LogP contribution in [0.25, 0.3) is 0 Å². The van der Waals surface area contributed by atoms with Gasteiger partial charge in [-0.2, -0.15) is 0 Å². The summed E-state index contributed by atoms with van der Waals surface area (Å²) >= 11 is 3.39. The van der Waals surface area contributed by atoms with Crippen molar-refractivity contribution in [2.45, 2.75) is 32.5 Å². The number of rotatable bonds is 4. The van der Waals surface area contributed by atoms with Crippen LogP contribution in [0.15, 0.2) is 22.7 Å². The minimum atomic E-state index is -0.491. The van der Waals surface area contributed by atoms with Crippen LogP contribution in [0, 0.1) is 0 Å². The summed E-state index contributed by atoms with van der Waals surface area (Å²) in [5, 5.41) is 9.04. The highest BCUT2D eigenvalue weighted by atomic mass is 79.9. The number of hydrogen-bond donors (Lipinski definition) is 1. The second-order valence-electron chi connectivity index (χ2n) is 4.72. The number of carbonyl (C=O) groups is 1. The monoisotopic (exact) mass is 327 g/mol. The Bertz CT molecular complexity index is 458. The van der Waals surface area contributed by atoms with Crippen molar-refractivity contribution in [1.29, 1.82) is 0 Å². The molecular formula is C14H18BrNO3. The summed E-state index contributed by atoms with van der Waals surface area (Å²) in [6.07, 6.45) is 1.66. The van der Waals surface area contributed by atoms with Crippen LogP contribution in [-0.2, 0) is 11.4 Å². The number of likely N-dealkylation sites (tertiary alicyclic amines) is 1. The molecule has 1 atom stereocenters. The number of nitrogens with zero attached hydrogens (tertiary/aromatic N) is 1. The molecular weight excluding hydrogens is 310 g/mol. The molecule has 2 rings (SSSR count). The Morgan fingerprint density at radius 3 is 2.74 bits per heavy atom. The Hall–Kier alpha value is -1.07. The highest BCUT2D eigenvalue weighted by molar-refractivity contribution is 9.10. The van der Waals surface area contributed by atoms with Crippen LogP contribution in [0.1, 0.15) is 25.3 Å². The first kappa shape index (κ1) is 14.3. The molecule has 1 unspecified atom stereocenters. The Morgan fingerprint density at radius 2 is 2.16 bits per heavy atom. The van der Waals surface area contributed by atoms with Crippen LogP contribution in [0.2, 0.25) is 0 Å². The molecule has 0 saturated carbocycles. The van der Waals surface area contributed by atoms with Crippen molar-refractivity contribution in [3.63, 3.8) is 0 Å². The van der Waals surface area contributed by atoms with Crippen LogP contribution in [0.5, 0.6) is 5.75 Å². The lowest BCUT2D eigenvalue weighted by Gasteiger charge is -2.21.